The largest absolute Gasteiger partial charge is 0.296 e. The van der Waals surface area contributed by atoms with Crippen LogP contribution in [0.4, 0.5) is 10.8 Å². The van der Waals surface area contributed by atoms with E-state index < -0.39 is 15.9 Å². The van der Waals surface area contributed by atoms with Gasteiger partial charge in [-0.15, -0.1) is 10.2 Å². The van der Waals surface area contributed by atoms with Crippen LogP contribution in [0.25, 0.3) is 0 Å². The molecule has 2 aromatic carbocycles. The molecule has 140 valence electrons. The lowest BCUT2D eigenvalue weighted by atomic mass is 10.1. The normalized spacial score (nSPS) is 11.2. The van der Waals surface area contributed by atoms with Crippen LogP contribution in [0.3, 0.4) is 0 Å². The van der Waals surface area contributed by atoms with Gasteiger partial charge in [-0.25, -0.2) is 0 Å². The summed E-state index contributed by atoms with van der Waals surface area (Å²) in [6.07, 6.45) is 0. The number of nitrogens with one attached hydrogen (secondary N) is 2. The van der Waals surface area contributed by atoms with Crippen molar-refractivity contribution in [2.24, 2.45) is 0 Å². The van der Waals surface area contributed by atoms with Gasteiger partial charge in [-0.2, -0.15) is 8.42 Å². The van der Waals surface area contributed by atoms with Crippen molar-refractivity contribution in [3.05, 3.63) is 64.2 Å². The zero-order valence-electron chi connectivity index (χ0n) is 14.4. The Bertz CT molecular complexity index is 1100. The number of nitrogens with zero attached hydrogens (tertiary/aromatic N) is 2. The molecule has 1 heterocycles. The summed E-state index contributed by atoms with van der Waals surface area (Å²) in [5, 5.41) is 10.5. The molecular formula is C17H15ClN4O3S2. The number of halogens is 1. The van der Waals surface area contributed by atoms with Gasteiger partial charge in [0.25, 0.3) is 20.3 Å². The summed E-state index contributed by atoms with van der Waals surface area (Å²) in [5.41, 5.74) is 2.61. The Hall–Kier alpha value is -2.49. The summed E-state index contributed by atoms with van der Waals surface area (Å²) in [6.45, 7) is 3.73. The quantitative estimate of drug-likeness (QED) is 0.608. The summed E-state index contributed by atoms with van der Waals surface area (Å²) in [5.74, 6) is -0.395. The predicted molar refractivity (Wildman–Crippen MR) is 106 cm³/mol. The fraction of sp³-hybridized carbons (Fsp3) is 0.118. The molecule has 27 heavy (non-hydrogen) atoms. The molecule has 0 radical (unpaired) electrons. The van der Waals surface area contributed by atoms with Gasteiger partial charge >= 0.3 is 0 Å². The molecule has 3 aromatic rings. The minimum atomic E-state index is -3.94. The molecule has 0 spiro atoms. The van der Waals surface area contributed by atoms with Crippen molar-refractivity contribution in [1.29, 1.82) is 0 Å². The van der Waals surface area contributed by atoms with Gasteiger partial charge in [0.05, 0.1) is 5.69 Å². The first-order valence-corrected chi connectivity index (χ1v) is 10.4. The summed E-state index contributed by atoms with van der Waals surface area (Å²) < 4.78 is 27.0. The second kappa shape index (κ2) is 7.63. The Labute approximate surface area is 165 Å². The fourth-order valence-corrected chi connectivity index (χ4v) is 4.22. The molecule has 0 atom stereocenters. The maximum absolute atomic E-state index is 12.4. The van der Waals surface area contributed by atoms with Gasteiger partial charge in [0.2, 0.25) is 5.13 Å². The minimum Gasteiger partial charge on any atom is -0.296 e. The lowest BCUT2D eigenvalue weighted by Gasteiger charge is -2.06. The molecule has 0 saturated carbocycles. The Kier molecular flexibility index (Phi) is 5.45. The van der Waals surface area contributed by atoms with Crippen molar-refractivity contribution >= 4 is 49.7 Å². The third kappa shape index (κ3) is 4.62. The summed E-state index contributed by atoms with van der Waals surface area (Å²) >= 11 is 6.77. The molecule has 10 heteroatoms. The summed E-state index contributed by atoms with van der Waals surface area (Å²) in [4.78, 5) is 12.2. The van der Waals surface area contributed by atoms with Crippen LogP contribution in [-0.2, 0) is 10.0 Å². The standard InChI is InChI=1S/C17H15ClN4O3S2/c1-10-3-6-12(7-4-10)15(23)19-16-20-21-17(26-16)27(24,25)22-13-8-5-11(2)14(18)9-13/h3-9,22H,1-2H3,(H,19,20,23). The molecule has 2 N–H and O–H groups in total. The molecule has 3 rings (SSSR count). The van der Waals surface area contributed by atoms with E-state index in [9.17, 15) is 13.2 Å². The van der Waals surface area contributed by atoms with Crippen LogP contribution in [0.2, 0.25) is 5.02 Å². The maximum Gasteiger partial charge on any atom is 0.291 e. The number of sulfonamides is 1. The van der Waals surface area contributed by atoms with E-state index in [4.69, 9.17) is 11.6 Å². The number of anilines is 2. The van der Waals surface area contributed by atoms with Crippen molar-refractivity contribution in [1.82, 2.24) is 10.2 Å². The summed E-state index contributed by atoms with van der Waals surface area (Å²) in [7, 11) is -3.94. The van der Waals surface area contributed by atoms with Gasteiger partial charge in [-0.1, -0.05) is 46.7 Å². The molecule has 0 aliphatic rings. The molecule has 0 unspecified atom stereocenters. The van der Waals surface area contributed by atoms with Crippen molar-refractivity contribution in [2.45, 2.75) is 18.2 Å². The lowest BCUT2D eigenvalue weighted by Crippen LogP contribution is -2.12. The van der Waals surface area contributed by atoms with E-state index in [2.05, 4.69) is 20.2 Å². The number of carbonyl (C=O) groups excluding carboxylic acids is 1. The first-order chi connectivity index (χ1) is 12.7. The van der Waals surface area contributed by atoms with E-state index in [-0.39, 0.29) is 9.47 Å². The zero-order valence-corrected chi connectivity index (χ0v) is 16.7. The Morgan fingerprint density at radius 1 is 1.07 bits per heavy atom. The molecule has 1 aromatic heterocycles. The van der Waals surface area contributed by atoms with Crippen molar-refractivity contribution in [2.75, 3.05) is 10.0 Å². The molecule has 0 bridgehead atoms. The van der Waals surface area contributed by atoms with Crippen LogP contribution in [-0.4, -0.2) is 24.5 Å². The number of rotatable bonds is 5. The fourth-order valence-electron chi connectivity index (χ4n) is 2.10. The van der Waals surface area contributed by atoms with E-state index >= 15 is 0 Å². The molecule has 0 aliphatic heterocycles. The Morgan fingerprint density at radius 3 is 2.44 bits per heavy atom. The monoisotopic (exact) mass is 422 g/mol. The topological polar surface area (TPSA) is 101 Å². The number of aryl methyl sites for hydroxylation is 2. The Morgan fingerprint density at radius 2 is 1.78 bits per heavy atom. The second-order valence-electron chi connectivity index (χ2n) is 5.76. The molecule has 0 saturated heterocycles. The average molecular weight is 423 g/mol. The van der Waals surface area contributed by atoms with Crippen LogP contribution in [0, 0.1) is 13.8 Å². The highest BCUT2D eigenvalue weighted by atomic mass is 35.5. The van der Waals surface area contributed by atoms with Gasteiger partial charge in [0, 0.05) is 10.6 Å². The van der Waals surface area contributed by atoms with Gasteiger partial charge in [-0.3, -0.25) is 14.8 Å². The maximum atomic E-state index is 12.4. The second-order valence-corrected chi connectivity index (χ2v) is 9.00. The highest BCUT2D eigenvalue weighted by Crippen LogP contribution is 2.25. The molecule has 1 amide bonds. The predicted octanol–water partition coefficient (Wildman–Crippen LogP) is 3.86. The first-order valence-electron chi connectivity index (χ1n) is 7.75. The van der Waals surface area contributed by atoms with E-state index in [0.29, 0.717) is 16.3 Å². The van der Waals surface area contributed by atoms with E-state index in [1.54, 1.807) is 24.3 Å². The van der Waals surface area contributed by atoms with Crippen LogP contribution >= 0.6 is 22.9 Å². The number of hydrogen-bond donors (Lipinski definition) is 2. The van der Waals surface area contributed by atoms with Crippen LogP contribution in [0.15, 0.2) is 46.8 Å². The number of hydrogen-bond acceptors (Lipinski definition) is 6. The van der Waals surface area contributed by atoms with Crippen LogP contribution in [0.1, 0.15) is 21.5 Å². The average Bonchev–Trinajstić information content (AvgIpc) is 3.08. The van der Waals surface area contributed by atoms with Crippen LogP contribution in [0.5, 0.6) is 0 Å². The third-order valence-corrected chi connectivity index (χ3v) is 6.59. The number of benzene rings is 2. The van der Waals surface area contributed by atoms with Crippen molar-refractivity contribution in [3.8, 4) is 0 Å². The highest BCUT2D eigenvalue weighted by Gasteiger charge is 2.21. The third-order valence-electron chi connectivity index (χ3n) is 3.59. The molecule has 0 aliphatic carbocycles. The van der Waals surface area contributed by atoms with E-state index in [0.717, 1.165) is 22.5 Å². The van der Waals surface area contributed by atoms with E-state index in [1.165, 1.54) is 6.07 Å². The van der Waals surface area contributed by atoms with Gasteiger partial charge < -0.3 is 0 Å². The van der Waals surface area contributed by atoms with Gasteiger partial charge in [0.1, 0.15) is 0 Å². The number of carbonyl (C=O) groups is 1. The van der Waals surface area contributed by atoms with Crippen molar-refractivity contribution < 1.29 is 13.2 Å². The Balaban J connectivity index is 1.74. The van der Waals surface area contributed by atoms with Crippen LogP contribution < -0.4 is 10.0 Å². The smallest absolute Gasteiger partial charge is 0.291 e. The zero-order chi connectivity index (χ0) is 19.6. The summed E-state index contributed by atoms with van der Waals surface area (Å²) in [6, 6.07) is 11.8. The highest BCUT2D eigenvalue weighted by molar-refractivity contribution is 7.94. The number of amides is 1. The SMILES string of the molecule is Cc1ccc(C(=O)Nc2nnc(S(=O)(=O)Nc3ccc(C)c(Cl)c3)s2)cc1. The van der Waals surface area contributed by atoms with Gasteiger partial charge in [0.15, 0.2) is 0 Å². The minimum absolute atomic E-state index is 0.0860. The number of aromatic nitrogens is 2. The molecular weight excluding hydrogens is 408 g/mol. The lowest BCUT2D eigenvalue weighted by molar-refractivity contribution is 0.102. The molecule has 7 nitrogen and oxygen atoms in total. The van der Waals surface area contributed by atoms with Crippen molar-refractivity contribution in [3.63, 3.8) is 0 Å². The first kappa shape index (κ1) is 19.3. The molecule has 0 fully saturated rings. The van der Waals surface area contributed by atoms with E-state index in [1.807, 2.05) is 26.0 Å². The van der Waals surface area contributed by atoms with Gasteiger partial charge in [-0.05, 0) is 43.7 Å².